The smallest absolute Gasteiger partial charge is 0.266 e. The van der Waals surface area contributed by atoms with Gasteiger partial charge in [-0.15, -0.1) is 0 Å². The van der Waals surface area contributed by atoms with Crippen molar-refractivity contribution in [3.63, 3.8) is 0 Å². The van der Waals surface area contributed by atoms with Crippen LogP contribution in [-0.2, 0) is 0 Å². The third-order valence-electron chi connectivity index (χ3n) is 3.49. The Labute approximate surface area is 145 Å². The Balaban J connectivity index is 2.20. The van der Waals surface area contributed by atoms with Crippen molar-refractivity contribution in [2.75, 3.05) is 6.61 Å². The van der Waals surface area contributed by atoms with Crippen LogP contribution in [0.2, 0.25) is 0 Å². The van der Waals surface area contributed by atoms with Crippen molar-refractivity contribution >= 4 is 22.7 Å². The maximum atomic E-state index is 13.0. The fourth-order valence-corrected chi connectivity index (χ4v) is 3.35. The normalized spacial score (nSPS) is 11.2. The Morgan fingerprint density at radius 1 is 1.12 bits per heavy atom. The molecule has 0 amide bonds. The molecule has 5 heteroatoms. The van der Waals surface area contributed by atoms with E-state index in [1.165, 1.54) is 0 Å². The van der Waals surface area contributed by atoms with E-state index >= 15 is 0 Å². The van der Waals surface area contributed by atoms with Crippen LogP contribution in [0.3, 0.4) is 0 Å². The molecule has 0 saturated carbocycles. The van der Waals surface area contributed by atoms with Gasteiger partial charge in [-0.2, -0.15) is 0 Å². The lowest BCUT2D eigenvalue weighted by atomic mass is 10.2. The summed E-state index contributed by atoms with van der Waals surface area (Å²) in [7, 11) is 0. The van der Waals surface area contributed by atoms with E-state index in [1.54, 1.807) is 16.3 Å². The number of ether oxygens (including phenoxy) is 1. The molecular formula is C19H20N2O2S. The van der Waals surface area contributed by atoms with Gasteiger partial charge >= 0.3 is 0 Å². The molecule has 124 valence electrons. The molecule has 4 nitrogen and oxygen atoms in total. The van der Waals surface area contributed by atoms with Crippen molar-refractivity contribution in [1.29, 1.82) is 0 Å². The molecule has 0 N–H and O–H groups in total. The number of thioether (sulfide) groups is 1. The lowest BCUT2D eigenvalue weighted by Crippen LogP contribution is -2.22. The predicted octanol–water partition coefficient (Wildman–Crippen LogP) is 4.28. The molecule has 0 unspecified atom stereocenters. The van der Waals surface area contributed by atoms with Crippen LogP contribution in [0.1, 0.15) is 20.8 Å². The van der Waals surface area contributed by atoms with Crippen molar-refractivity contribution in [1.82, 2.24) is 9.55 Å². The van der Waals surface area contributed by atoms with Crippen LogP contribution < -0.4 is 10.3 Å². The van der Waals surface area contributed by atoms with E-state index in [9.17, 15) is 4.79 Å². The average molecular weight is 340 g/mol. The lowest BCUT2D eigenvalue weighted by molar-refractivity contribution is 0.340. The molecule has 2 aromatic carbocycles. The van der Waals surface area contributed by atoms with Gasteiger partial charge in [0.2, 0.25) is 0 Å². The Hall–Kier alpha value is -2.27. The van der Waals surface area contributed by atoms with Crippen LogP contribution in [0.4, 0.5) is 0 Å². The summed E-state index contributed by atoms with van der Waals surface area (Å²) in [5, 5.41) is 1.66. The van der Waals surface area contributed by atoms with Gasteiger partial charge in [0.15, 0.2) is 5.16 Å². The molecule has 24 heavy (non-hydrogen) atoms. The third-order valence-corrected chi connectivity index (χ3v) is 4.45. The fraction of sp³-hybridized carbons (Fsp3) is 0.263. The average Bonchev–Trinajstić information content (AvgIpc) is 2.56. The Bertz CT molecular complexity index is 901. The molecule has 0 radical (unpaired) electrons. The lowest BCUT2D eigenvalue weighted by Gasteiger charge is -2.15. The molecular weight excluding hydrogens is 320 g/mol. The second-order valence-electron chi connectivity index (χ2n) is 5.65. The molecule has 0 aliphatic carbocycles. The zero-order chi connectivity index (χ0) is 17.1. The van der Waals surface area contributed by atoms with Gasteiger partial charge < -0.3 is 4.74 Å². The largest absolute Gasteiger partial charge is 0.494 e. The monoisotopic (exact) mass is 340 g/mol. The van der Waals surface area contributed by atoms with Gasteiger partial charge in [0, 0.05) is 5.25 Å². The number of aromatic nitrogens is 2. The first kappa shape index (κ1) is 16.6. The minimum atomic E-state index is -0.0482. The van der Waals surface area contributed by atoms with Gasteiger partial charge in [-0.25, -0.2) is 4.98 Å². The molecule has 0 fully saturated rings. The second kappa shape index (κ2) is 7.09. The zero-order valence-corrected chi connectivity index (χ0v) is 14.8. The van der Waals surface area contributed by atoms with E-state index in [2.05, 4.69) is 13.8 Å². The minimum Gasteiger partial charge on any atom is -0.494 e. The Kier molecular flexibility index (Phi) is 4.90. The number of hydrogen-bond donors (Lipinski definition) is 0. The highest BCUT2D eigenvalue weighted by atomic mass is 32.2. The van der Waals surface area contributed by atoms with Crippen LogP contribution in [0.5, 0.6) is 5.75 Å². The van der Waals surface area contributed by atoms with Crippen molar-refractivity contribution in [3.8, 4) is 11.4 Å². The molecule has 3 aromatic rings. The summed E-state index contributed by atoms with van der Waals surface area (Å²) in [6.45, 7) is 6.75. The van der Waals surface area contributed by atoms with Gasteiger partial charge in [-0.1, -0.05) is 37.7 Å². The minimum absolute atomic E-state index is 0.0482. The van der Waals surface area contributed by atoms with E-state index < -0.39 is 0 Å². The Morgan fingerprint density at radius 3 is 2.50 bits per heavy atom. The summed E-state index contributed by atoms with van der Waals surface area (Å²) in [6, 6.07) is 15.0. The first-order valence-corrected chi connectivity index (χ1v) is 8.89. The molecule has 1 aromatic heterocycles. The highest BCUT2D eigenvalue weighted by Gasteiger charge is 2.14. The standard InChI is InChI=1S/C19H20N2O2S/c1-4-23-15-11-9-14(10-12-15)21-18(22)16-7-5-6-8-17(16)20-19(21)24-13(2)3/h5-13H,4H2,1-3H3. The van der Waals surface area contributed by atoms with Gasteiger partial charge in [-0.3, -0.25) is 9.36 Å². The van der Waals surface area contributed by atoms with E-state index in [-0.39, 0.29) is 5.56 Å². The second-order valence-corrected chi connectivity index (χ2v) is 7.19. The van der Waals surface area contributed by atoms with Crippen molar-refractivity contribution in [2.45, 2.75) is 31.2 Å². The van der Waals surface area contributed by atoms with Crippen molar-refractivity contribution < 1.29 is 4.74 Å². The van der Waals surface area contributed by atoms with E-state index in [4.69, 9.17) is 9.72 Å². The number of nitrogens with zero attached hydrogens (tertiary/aromatic N) is 2. The van der Waals surface area contributed by atoms with Crippen LogP contribution in [0.15, 0.2) is 58.5 Å². The van der Waals surface area contributed by atoms with Gasteiger partial charge in [0.25, 0.3) is 5.56 Å². The first-order valence-electron chi connectivity index (χ1n) is 8.02. The molecule has 1 heterocycles. The molecule has 0 aliphatic heterocycles. The summed E-state index contributed by atoms with van der Waals surface area (Å²) < 4.78 is 7.17. The first-order chi connectivity index (χ1) is 11.6. The van der Waals surface area contributed by atoms with Gasteiger partial charge in [-0.05, 0) is 43.3 Å². The van der Waals surface area contributed by atoms with E-state index in [0.29, 0.717) is 22.4 Å². The molecule has 0 spiro atoms. The molecule has 3 rings (SSSR count). The number of rotatable bonds is 5. The number of benzene rings is 2. The highest BCUT2D eigenvalue weighted by molar-refractivity contribution is 7.99. The number of fused-ring (bicyclic) bond motifs is 1. The molecule has 0 atom stereocenters. The zero-order valence-electron chi connectivity index (χ0n) is 14.0. The summed E-state index contributed by atoms with van der Waals surface area (Å²) in [5.41, 5.74) is 1.48. The number of hydrogen-bond acceptors (Lipinski definition) is 4. The van der Waals surface area contributed by atoms with Crippen LogP contribution in [0, 0.1) is 0 Å². The summed E-state index contributed by atoms with van der Waals surface area (Å²) in [6.07, 6.45) is 0. The van der Waals surface area contributed by atoms with Crippen LogP contribution in [0.25, 0.3) is 16.6 Å². The van der Waals surface area contributed by atoms with Crippen LogP contribution in [-0.4, -0.2) is 21.4 Å². The third kappa shape index (κ3) is 3.31. The predicted molar refractivity (Wildman–Crippen MR) is 99.5 cm³/mol. The highest BCUT2D eigenvalue weighted by Crippen LogP contribution is 2.25. The Morgan fingerprint density at radius 2 is 1.83 bits per heavy atom. The molecule has 0 bridgehead atoms. The van der Waals surface area contributed by atoms with Crippen LogP contribution >= 0.6 is 11.8 Å². The number of para-hydroxylation sites is 1. The van der Waals surface area contributed by atoms with Gasteiger partial charge in [0.05, 0.1) is 23.2 Å². The summed E-state index contributed by atoms with van der Waals surface area (Å²) in [5.74, 6) is 0.793. The summed E-state index contributed by atoms with van der Waals surface area (Å²) >= 11 is 1.58. The SMILES string of the molecule is CCOc1ccc(-n2c(SC(C)C)nc3ccccc3c2=O)cc1. The van der Waals surface area contributed by atoms with E-state index in [1.807, 2.05) is 55.5 Å². The quantitative estimate of drug-likeness (QED) is 0.513. The molecule has 0 saturated heterocycles. The maximum absolute atomic E-state index is 13.0. The maximum Gasteiger partial charge on any atom is 0.266 e. The topological polar surface area (TPSA) is 44.1 Å². The van der Waals surface area contributed by atoms with Crippen molar-refractivity contribution in [2.24, 2.45) is 0 Å². The van der Waals surface area contributed by atoms with E-state index in [0.717, 1.165) is 17.0 Å². The molecule has 0 aliphatic rings. The van der Waals surface area contributed by atoms with Gasteiger partial charge in [0.1, 0.15) is 5.75 Å². The fourth-order valence-electron chi connectivity index (χ4n) is 2.49. The van der Waals surface area contributed by atoms with Crippen molar-refractivity contribution in [3.05, 3.63) is 58.9 Å². The summed E-state index contributed by atoms with van der Waals surface area (Å²) in [4.78, 5) is 17.7.